The highest BCUT2D eigenvalue weighted by molar-refractivity contribution is 6.44. The number of hydrogen-bond acceptors (Lipinski definition) is 3. The van der Waals surface area contributed by atoms with Crippen LogP contribution in [0.15, 0.2) is 48.5 Å². The Morgan fingerprint density at radius 2 is 1.64 bits per heavy atom. The predicted octanol–water partition coefficient (Wildman–Crippen LogP) is 4.10. The fourth-order valence-electron chi connectivity index (χ4n) is 4.56. The van der Waals surface area contributed by atoms with E-state index in [1.807, 2.05) is 43.4 Å². The van der Waals surface area contributed by atoms with Crippen LogP contribution in [0, 0.1) is 0 Å². The van der Waals surface area contributed by atoms with Crippen LogP contribution >= 0.6 is 0 Å². The number of benzene rings is 2. The molecule has 1 aliphatic rings. The lowest BCUT2D eigenvalue weighted by Gasteiger charge is -2.20. The van der Waals surface area contributed by atoms with Gasteiger partial charge in [-0.05, 0) is 31.0 Å². The molecule has 2 aromatic heterocycles. The standard InChI is InChI=1S/C23H20N2O3/c1-3-28-23(27)22(26)19-16-9-5-7-11-18(16)25-13-12-15-14-8-4-6-10-17(14)24(2)20(15)21(19)25/h4-11H,3,12-13H2,1-2H3. The molecule has 0 amide bonds. The molecule has 0 bridgehead atoms. The molecule has 5 nitrogen and oxygen atoms in total. The van der Waals surface area contributed by atoms with Gasteiger partial charge in [-0.3, -0.25) is 4.79 Å². The molecular formula is C23H20N2O3. The largest absolute Gasteiger partial charge is 0.460 e. The van der Waals surface area contributed by atoms with Crippen molar-refractivity contribution in [2.75, 3.05) is 6.61 Å². The van der Waals surface area contributed by atoms with Crippen molar-refractivity contribution in [3.05, 3.63) is 59.7 Å². The SMILES string of the molecule is CCOC(=O)C(=O)c1c2n(c3ccccc13)CCc1c-2n(C)c2ccccc12. The van der Waals surface area contributed by atoms with Crippen molar-refractivity contribution in [3.8, 4) is 11.4 Å². The molecule has 140 valence electrons. The van der Waals surface area contributed by atoms with Gasteiger partial charge in [0.25, 0.3) is 5.78 Å². The number of nitrogens with zero attached hydrogens (tertiary/aromatic N) is 2. The number of rotatable bonds is 3. The van der Waals surface area contributed by atoms with Crippen LogP contribution in [0.1, 0.15) is 22.8 Å². The lowest BCUT2D eigenvalue weighted by molar-refractivity contribution is -0.137. The Kier molecular flexibility index (Phi) is 3.66. The summed E-state index contributed by atoms with van der Waals surface area (Å²) in [6, 6.07) is 16.1. The van der Waals surface area contributed by atoms with Gasteiger partial charge < -0.3 is 13.9 Å². The van der Waals surface area contributed by atoms with Crippen molar-refractivity contribution in [2.24, 2.45) is 7.05 Å². The summed E-state index contributed by atoms with van der Waals surface area (Å²) < 4.78 is 9.35. The number of ketones is 1. The highest BCUT2D eigenvalue weighted by atomic mass is 16.5. The van der Waals surface area contributed by atoms with Gasteiger partial charge in [0.2, 0.25) is 0 Å². The van der Waals surface area contributed by atoms with Crippen molar-refractivity contribution in [1.82, 2.24) is 9.13 Å². The van der Waals surface area contributed by atoms with Crippen LogP contribution in [0.25, 0.3) is 33.2 Å². The van der Waals surface area contributed by atoms with E-state index in [0.29, 0.717) is 5.56 Å². The lowest BCUT2D eigenvalue weighted by Crippen LogP contribution is -2.20. The van der Waals surface area contributed by atoms with E-state index < -0.39 is 11.8 Å². The van der Waals surface area contributed by atoms with Crippen molar-refractivity contribution in [3.63, 3.8) is 0 Å². The predicted molar refractivity (Wildman–Crippen MR) is 109 cm³/mol. The Hall–Kier alpha value is -3.34. The molecule has 0 N–H and O–H groups in total. The van der Waals surface area contributed by atoms with Gasteiger partial charge in [-0.15, -0.1) is 0 Å². The maximum Gasteiger partial charge on any atom is 0.379 e. The van der Waals surface area contributed by atoms with Gasteiger partial charge in [-0.2, -0.15) is 0 Å². The summed E-state index contributed by atoms with van der Waals surface area (Å²) in [4.78, 5) is 25.5. The quantitative estimate of drug-likeness (QED) is 0.309. The van der Waals surface area contributed by atoms with E-state index in [0.717, 1.165) is 40.8 Å². The van der Waals surface area contributed by atoms with Gasteiger partial charge in [0, 0.05) is 35.4 Å². The molecule has 5 heteroatoms. The smallest absolute Gasteiger partial charge is 0.379 e. The molecule has 4 aromatic rings. The average Bonchev–Trinajstić information content (AvgIpc) is 3.21. The second-order valence-electron chi connectivity index (χ2n) is 7.10. The number of fused-ring (bicyclic) bond motifs is 7. The number of Topliss-reactive ketones (excluding diaryl/α,β-unsaturated/α-hetero) is 1. The number of para-hydroxylation sites is 2. The van der Waals surface area contributed by atoms with Crippen molar-refractivity contribution in [2.45, 2.75) is 19.9 Å². The first-order valence-electron chi connectivity index (χ1n) is 9.52. The number of ether oxygens (including phenoxy) is 1. The fraction of sp³-hybridized carbons (Fsp3) is 0.217. The second kappa shape index (κ2) is 6.09. The first-order chi connectivity index (χ1) is 13.6. The van der Waals surface area contributed by atoms with E-state index in [4.69, 9.17) is 4.74 Å². The van der Waals surface area contributed by atoms with E-state index in [1.165, 1.54) is 10.9 Å². The highest BCUT2D eigenvalue weighted by Gasteiger charge is 2.33. The van der Waals surface area contributed by atoms with Gasteiger partial charge in [0.15, 0.2) is 0 Å². The molecule has 3 heterocycles. The van der Waals surface area contributed by atoms with Crippen molar-refractivity contribution in [1.29, 1.82) is 0 Å². The summed E-state index contributed by atoms with van der Waals surface area (Å²) in [7, 11) is 2.02. The molecule has 0 saturated heterocycles. The molecule has 0 saturated carbocycles. The molecule has 0 spiro atoms. The summed E-state index contributed by atoms with van der Waals surface area (Å²) in [5.74, 6) is -1.38. The van der Waals surface area contributed by atoms with Crippen LogP contribution in [-0.4, -0.2) is 27.5 Å². The summed E-state index contributed by atoms with van der Waals surface area (Å²) in [6.45, 7) is 2.66. The number of carbonyl (C=O) groups excluding carboxylic acids is 2. The molecule has 1 aliphatic heterocycles. The second-order valence-corrected chi connectivity index (χ2v) is 7.10. The minimum absolute atomic E-state index is 0.178. The van der Waals surface area contributed by atoms with Crippen LogP contribution in [0.3, 0.4) is 0 Å². The van der Waals surface area contributed by atoms with E-state index in [1.54, 1.807) is 6.92 Å². The Morgan fingerprint density at radius 3 is 2.39 bits per heavy atom. The van der Waals surface area contributed by atoms with Crippen molar-refractivity contribution < 1.29 is 14.3 Å². The van der Waals surface area contributed by atoms with Crippen LogP contribution in [0.2, 0.25) is 0 Å². The molecule has 0 unspecified atom stereocenters. The molecule has 0 radical (unpaired) electrons. The Morgan fingerprint density at radius 1 is 0.964 bits per heavy atom. The zero-order valence-corrected chi connectivity index (χ0v) is 15.9. The molecule has 0 aliphatic carbocycles. The van der Waals surface area contributed by atoms with Gasteiger partial charge in [0.05, 0.1) is 23.6 Å². The maximum absolute atomic E-state index is 13.1. The van der Waals surface area contributed by atoms with Crippen molar-refractivity contribution >= 4 is 33.6 Å². The van der Waals surface area contributed by atoms with Gasteiger partial charge in [0.1, 0.15) is 0 Å². The lowest BCUT2D eigenvalue weighted by atomic mass is 9.98. The van der Waals surface area contributed by atoms with E-state index in [2.05, 4.69) is 21.3 Å². The third-order valence-corrected chi connectivity index (χ3v) is 5.68. The van der Waals surface area contributed by atoms with Gasteiger partial charge in [-0.1, -0.05) is 36.4 Å². The van der Waals surface area contributed by atoms with Crippen LogP contribution in [0.4, 0.5) is 0 Å². The minimum atomic E-state index is -0.799. The monoisotopic (exact) mass is 372 g/mol. The molecule has 0 atom stereocenters. The maximum atomic E-state index is 13.1. The zero-order chi connectivity index (χ0) is 19.4. The Bertz CT molecular complexity index is 1280. The summed E-state index contributed by atoms with van der Waals surface area (Å²) >= 11 is 0. The number of carbonyl (C=O) groups is 2. The summed E-state index contributed by atoms with van der Waals surface area (Å²) in [5, 5.41) is 2.00. The topological polar surface area (TPSA) is 53.2 Å². The van der Waals surface area contributed by atoms with E-state index >= 15 is 0 Å². The molecule has 5 rings (SSSR count). The zero-order valence-electron chi connectivity index (χ0n) is 15.9. The molecular weight excluding hydrogens is 352 g/mol. The van der Waals surface area contributed by atoms with E-state index in [9.17, 15) is 9.59 Å². The third kappa shape index (κ3) is 2.13. The van der Waals surface area contributed by atoms with Crippen LogP contribution < -0.4 is 0 Å². The fourth-order valence-corrected chi connectivity index (χ4v) is 4.56. The average molecular weight is 372 g/mol. The van der Waals surface area contributed by atoms with Gasteiger partial charge >= 0.3 is 5.97 Å². The third-order valence-electron chi connectivity index (χ3n) is 5.68. The number of aromatic nitrogens is 2. The Balaban J connectivity index is 1.89. The number of aryl methyl sites for hydroxylation is 3. The van der Waals surface area contributed by atoms with Gasteiger partial charge in [-0.25, -0.2) is 4.79 Å². The Labute approximate surface area is 162 Å². The first kappa shape index (κ1) is 16.8. The first-order valence-corrected chi connectivity index (χ1v) is 9.52. The normalized spacial score (nSPS) is 12.8. The number of esters is 1. The molecule has 0 fully saturated rings. The minimum Gasteiger partial charge on any atom is -0.460 e. The summed E-state index contributed by atoms with van der Waals surface area (Å²) in [6.07, 6.45) is 0.884. The van der Waals surface area contributed by atoms with Crippen LogP contribution in [0.5, 0.6) is 0 Å². The van der Waals surface area contributed by atoms with E-state index in [-0.39, 0.29) is 6.61 Å². The number of hydrogen-bond donors (Lipinski definition) is 0. The molecule has 28 heavy (non-hydrogen) atoms. The summed E-state index contributed by atoms with van der Waals surface area (Å²) in [5.41, 5.74) is 5.60. The van der Waals surface area contributed by atoms with Crippen LogP contribution in [-0.2, 0) is 29.5 Å². The molecule has 2 aromatic carbocycles. The highest BCUT2D eigenvalue weighted by Crippen LogP contribution is 2.42.